The van der Waals surface area contributed by atoms with E-state index in [-0.39, 0.29) is 5.75 Å². The van der Waals surface area contributed by atoms with Crippen molar-refractivity contribution in [2.24, 2.45) is 0 Å². The molecule has 0 heterocycles. The fraction of sp³-hybridized carbons (Fsp3) is 0.561. The van der Waals surface area contributed by atoms with Crippen molar-refractivity contribution in [1.29, 1.82) is 0 Å². The van der Waals surface area contributed by atoms with Crippen LogP contribution in [0.5, 0.6) is 23.0 Å². The molecule has 0 unspecified atom stereocenters. The second kappa shape index (κ2) is 19.4. The Morgan fingerprint density at radius 1 is 0.444 bits per heavy atom. The number of fused-ring (bicyclic) bond motifs is 6. The fourth-order valence-corrected chi connectivity index (χ4v) is 6.52. The third kappa shape index (κ3) is 10.4. The number of ether oxygens (including phenoxy) is 3. The summed E-state index contributed by atoms with van der Waals surface area (Å²) in [5.74, 6) is 2.38. The van der Waals surface area contributed by atoms with Gasteiger partial charge in [-0.1, -0.05) is 129 Å². The van der Waals surface area contributed by atoms with E-state index in [9.17, 15) is 5.11 Å². The molecule has 246 valence electrons. The molecule has 0 saturated carbocycles. The number of aromatic hydroxyl groups is 1. The van der Waals surface area contributed by atoms with E-state index in [1.54, 1.807) is 7.11 Å². The van der Waals surface area contributed by atoms with Crippen LogP contribution in [-0.2, 0) is 0 Å². The van der Waals surface area contributed by atoms with E-state index in [1.807, 2.05) is 12.1 Å². The molecule has 0 saturated heterocycles. The first-order chi connectivity index (χ1) is 22.2. The van der Waals surface area contributed by atoms with Crippen LogP contribution in [0.2, 0.25) is 0 Å². The van der Waals surface area contributed by atoms with Gasteiger partial charge in [0.25, 0.3) is 0 Å². The standard InChI is InChI=1S/C41H58O4/c1-4-6-8-10-12-14-16-18-20-26-44-32-22-24-34-35-25-23-33(45-27-21-19-17-15-13-11-9-7-5-2)29-37(35)39-31-41(43-3)40(42)30-38(39)36(34)28-32/h22-25,28-31,42H,4-21,26-27H2,1-3H3. The molecule has 0 aromatic heterocycles. The van der Waals surface area contributed by atoms with Gasteiger partial charge in [-0.3, -0.25) is 0 Å². The zero-order chi connectivity index (χ0) is 31.7. The first kappa shape index (κ1) is 34.7. The molecule has 0 radical (unpaired) electrons. The summed E-state index contributed by atoms with van der Waals surface area (Å²) in [5, 5.41) is 17.2. The molecule has 1 N–H and O–H groups in total. The Kier molecular flexibility index (Phi) is 15.0. The van der Waals surface area contributed by atoms with Gasteiger partial charge < -0.3 is 19.3 Å². The predicted octanol–water partition coefficient (Wildman–Crippen LogP) is 12.7. The summed E-state index contributed by atoms with van der Waals surface area (Å²) in [7, 11) is 1.60. The Morgan fingerprint density at radius 2 is 0.822 bits per heavy atom. The lowest BCUT2D eigenvalue weighted by Gasteiger charge is -2.15. The number of unbranched alkanes of at least 4 members (excludes halogenated alkanes) is 16. The molecule has 0 aliphatic carbocycles. The highest BCUT2D eigenvalue weighted by molar-refractivity contribution is 6.26. The number of benzene rings is 4. The van der Waals surface area contributed by atoms with Gasteiger partial charge in [0.2, 0.25) is 0 Å². The Labute approximate surface area is 272 Å². The Morgan fingerprint density at radius 3 is 1.24 bits per heavy atom. The quantitative estimate of drug-likeness (QED) is 0.0667. The van der Waals surface area contributed by atoms with Crippen molar-refractivity contribution in [3.8, 4) is 23.0 Å². The third-order valence-corrected chi connectivity index (χ3v) is 9.20. The maximum Gasteiger partial charge on any atom is 0.161 e. The minimum Gasteiger partial charge on any atom is -0.504 e. The number of phenolic OH excluding ortho intramolecular Hbond substituents is 1. The van der Waals surface area contributed by atoms with Gasteiger partial charge in [0, 0.05) is 0 Å². The summed E-state index contributed by atoms with van der Waals surface area (Å²) < 4.78 is 18.0. The molecule has 0 aliphatic rings. The molecule has 0 aliphatic heterocycles. The molecule has 4 nitrogen and oxygen atoms in total. The van der Waals surface area contributed by atoms with Gasteiger partial charge in [-0.05, 0) is 81.6 Å². The molecular weight excluding hydrogens is 556 g/mol. The van der Waals surface area contributed by atoms with Crippen LogP contribution in [-0.4, -0.2) is 25.4 Å². The molecule has 0 amide bonds. The van der Waals surface area contributed by atoms with Gasteiger partial charge in [-0.2, -0.15) is 0 Å². The molecule has 0 spiro atoms. The molecule has 4 aromatic rings. The smallest absolute Gasteiger partial charge is 0.161 e. The minimum atomic E-state index is 0.143. The van der Waals surface area contributed by atoms with Crippen LogP contribution in [0.15, 0.2) is 48.5 Å². The Balaban J connectivity index is 1.41. The van der Waals surface area contributed by atoms with Crippen molar-refractivity contribution < 1.29 is 19.3 Å². The number of phenols is 1. The van der Waals surface area contributed by atoms with E-state index in [4.69, 9.17) is 14.2 Å². The zero-order valence-electron chi connectivity index (χ0n) is 28.4. The largest absolute Gasteiger partial charge is 0.504 e. The van der Waals surface area contributed by atoms with Crippen molar-refractivity contribution in [2.45, 2.75) is 129 Å². The molecular formula is C41H58O4. The summed E-state index contributed by atoms with van der Waals surface area (Å²) in [6.07, 6.45) is 23.4. The maximum absolute atomic E-state index is 10.7. The van der Waals surface area contributed by atoms with Crippen LogP contribution in [0.4, 0.5) is 0 Å². The highest BCUT2D eigenvalue weighted by Gasteiger charge is 2.14. The minimum absolute atomic E-state index is 0.143. The molecule has 45 heavy (non-hydrogen) atoms. The van der Waals surface area contributed by atoms with E-state index in [2.05, 4.69) is 50.2 Å². The van der Waals surface area contributed by atoms with E-state index >= 15 is 0 Å². The Bertz CT molecular complexity index is 1440. The number of hydrogen-bond acceptors (Lipinski definition) is 4. The SMILES string of the molecule is CCCCCCCCCCCOc1ccc2c3ccc(OCCCCCCCCCCC)cc3c3cc(OC)c(O)cc3c2c1. The molecule has 4 heteroatoms. The lowest BCUT2D eigenvalue weighted by atomic mass is 9.93. The Hall–Kier alpha value is -3.14. The second-order valence-corrected chi connectivity index (χ2v) is 12.8. The van der Waals surface area contributed by atoms with Crippen LogP contribution in [0.25, 0.3) is 32.3 Å². The number of hydrogen-bond donors (Lipinski definition) is 1. The van der Waals surface area contributed by atoms with Gasteiger partial charge in [-0.15, -0.1) is 0 Å². The van der Waals surface area contributed by atoms with E-state index in [0.717, 1.165) is 69.9 Å². The highest BCUT2D eigenvalue weighted by Crippen LogP contribution is 2.42. The van der Waals surface area contributed by atoms with Gasteiger partial charge in [0.15, 0.2) is 11.5 Å². The van der Waals surface area contributed by atoms with E-state index in [1.165, 1.54) is 103 Å². The summed E-state index contributed by atoms with van der Waals surface area (Å²) in [4.78, 5) is 0. The summed E-state index contributed by atoms with van der Waals surface area (Å²) in [5.41, 5.74) is 0. The number of methoxy groups -OCH3 is 1. The maximum atomic E-state index is 10.7. The average molecular weight is 615 g/mol. The van der Waals surface area contributed by atoms with Crippen LogP contribution in [0, 0.1) is 0 Å². The van der Waals surface area contributed by atoms with Crippen LogP contribution in [0.1, 0.15) is 129 Å². The summed E-state index contributed by atoms with van der Waals surface area (Å²) in [6, 6.07) is 16.6. The van der Waals surface area contributed by atoms with Gasteiger partial charge in [0.05, 0.1) is 20.3 Å². The highest BCUT2D eigenvalue weighted by atomic mass is 16.5. The van der Waals surface area contributed by atoms with Gasteiger partial charge >= 0.3 is 0 Å². The van der Waals surface area contributed by atoms with Crippen molar-refractivity contribution in [3.63, 3.8) is 0 Å². The van der Waals surface area contributed by atoms with Crippen molar-refractivity contribution in [1.82, 2.24) is 0 Å². The van der Waals surface area contributed by atoms with Crippen LogP contribution >= 0.6 is 0 Å². The predicted molar refractivity (Wildman–Crippen MR) is 193 cm³/mol. The van der Waals surface area contributed by atoms with Crippen molar-refractivity contribution in [2.75, 3.05) is 20.3 Å². The summed E-state index contributed by atoms with van der Waals surface area (Å²) >= 11 is 0. The topological polar surface area (TPSA) is 47.9 Å². The second-order valence-electron chi connectivity index (χ2n) is 12.8. The summed E-state index contributed by atoms with van der Waals surface area (Å²) in [6.45, 7) is 6.00. The van der Waals surface area contributed by atoms with Crippen LogP contribution < -0.4 is 14.2 Å². The molecule has 0 atom stereocenters. The lowest BCUT2D eigenvalue weighted by Crippen LogP contribution is -1.98. The first-order valence-corrected chi connectivity index (χ1v) is 18.1. The average Bonchev–Trinajstić information content (AvgIpc) is 3.06. The third-order valence-electron chi connectivity index (χ3n) is 9.20. The molecule has 4 aromatic carbocycles. The first-order valence-electron chi connectivity index (χ1n) is 18.1. The number of rotatable bonds is 23. The van der Waals surface area contributed by atoms with Crippen molar-refractivity contribution >= 4 is 32.3 Å². The van der Waals surface area contributed by atoms with E-state index in [0.29, 0.717) is 5.75 Å². The van der Waals surface area contributed by atoms with Crippen molar-refractivity contribution in [3.05, 3.63) is 48.5 Å². The molecule has 0 bridgehead atoms. The lowest BCUT2D eigenvalue weighted by molar-refractivity contribution is 0.304. The fourth-order valence-electron chi connectivity index (χ4n) is 6.52. The van der Waals surface area contributed by atoms with Gasteiger partial charge in [0.1, 0.15) is 11.5 Å². The van der Waals surface area contributed by atoms with Gasteiger partial charge in [-0.25, -0.2) is 0 Å². The zero-order valence-corrected chi connectivity index (χ0v) is 28.4. The molecule has 4 rings (SSSR count). The monoisotopic (exact) mass is 614 g/mol. The van der Waals surface area contributed by atoms with Crippen LogP contribution in [0.3, 0.4) is 0 Å². The normalized spacial score (nSPS) is 11.5. The van der Waals surface area contributed by atoms with E-state index < -0.39 is 0 Å². The molecule has 0 fully saturated rings.